The number of ether oxygens (including phenoxy) is 1. The Bertz CT molecular complexity index is 1150. The number of methoxy groups -OCH3 is 1. The van der Waals surface area contributed by atoms with E-state index in [1.54, 1.807) is 19.2 Å². The van der Waals surface area contributed by atoms with Gasteiger partial charge in [-0.25, -0.2) is 4.98 Å². The molecule has 0 atom stereocenters. The number of benzene rings is 2. The Labute approximate surface area is 196 Å². The van der Waals surface area contributed by atoms with Gasteiger partial charge < -0.3 is 14.7 Å². The largest absolute Gasteiger partial charge is 0.509 e. The van der Waals surface area contributed by atoms with E-state index in [0.717, 1.165) is 48.9 Å². The smallest absolute Gasteiger partial charge is 0.142 e. The number of hydrogen-bond donors (Lipinski definition) is 1. The highest BCUT2D eigenvalue weighted by molar-refractivity contribution is 7.11. The summed E-state index contributed by atoms with van der Waals surface area (Å²) in [4.78, 5) is 8.98. The van der Waals surface area contributed by atoms with Gasteiger partial charge in [0.1, 0.15) is 28.2 Å². The Morgan fingerprint density at radius 1 is 1.16 bits per heavy atom. The maximum absolute atomic E-state index is 10.7. The average molecular weight is 467 g/mol. The Kier molecular flexibility index (Phi) is 6.96. The van der Waals surface area contributed by atoms with Crippen molar-refractivity contribution in [2.24, 2.45) is 0 Å². The monoisotopic (exact) mass is 466 g/mol. The van der Waals surface area contributed by atoms with E-state index in [0.29, 0.717) is 16.6 Å². The van der Waals surface area contributed by atoms with E-state index in [1.807, 2.05) is 35.7 Å². The van der Waals surface area contributed by atoms with Crippen molar-refractivity contribution in [3.8, 4) is 23.1 Å². The highest BCUT2D eigenvalue weighted by Gasteiger charge is 2.22. The Morgan fingerprint density at radius 3 is 2.56 bits per heavy atom. The number of piperazine rings is 1. The van der Waals surface area contributed by atoms with Gasteiger partial charge in [-0.2, -0.15) is 5.26 Å². The number of nitriles is 1. The number of aliphatic hydroxyl groups is 1. The summed E-state index contributed by atoms with van der Waals surface area (Å²) in [5.41, 5.74) is 2.97. The van der Waals surface area contributed by atoms with Gasteiger partial charge in [0.15, 0.2) is 0 Å². The number of aliphatic hydroxyl groups excluding tert-OH is 1. The molecule has 0 radical (unpaired) electrons. The summed E-state index contributed by atoms with van der Waals surface area (Å²) in [6.07, 6.45) is 0. The second-order valence-corrected chi connectivity index (χ2v) is 8.71. The minimum absolute atomic E-state index is 0.0512. The van der Waals surface area contributed by atoms with Gasteiger partial charge in [-0.05, 0) is 24.3 Å². The lowest BCUT2D eigenvalue weighted by Gasteiger charge is -2.36. The molecule has 1 aromatic heterocycles. The van der Waals surface area contributed by atoms with Gasteiger partial charge in [0.25, 0.3) is 0 Å². The first-order valence-corrected chi connectivity index (χ1v) is 11.5. The van der Waals surface area contributed by atoms with Crippen LogP contribution in [-0.4, -0.2) is 54.8 Å². The molecule has 1 aliphatic heterocycles. The molecule has 6 nitrogen and oxygen atoms in total. The van der Waals surface area contributed by atoms with E-state index in [2.05, 4.69) is 26.9 Å². The fraction of sp³-hybridized carbons (Fsp3) is 0.250. The first kappa shape index (κ1) is 22.2. The third-order valence-electron chi connectivity index (χ3n) is 5.43. The van der Waals surface area contributed by atoms with Gasteiger partial charge in [-0.3, -0.25) is 4.90 Å². The number of halogens is 1. The van der Waals surface area contributed by atoms with E-state index >= 15 is 0 Å². The Hall–Kier alpha value is -3.05. The maximum atomic E-state index is 10.7. The molecule has 32 heavy (non-hydrogen) atoms. The third-order valence-corrected chi connectivity index (χ3v) is 6.54. The Balaban J connectivity index is 1.43. The summed E-state index contributed by atoms with van der Waals surface area (Å²) in [5, 5.41) is 23.5. The molecule has 0 amide bonds. The lowest BCUT2D eigenvalue weighted by atomic mass is 10.2. The Morgan fingerprint density at radius 2 is 1.88 bits per heavy atom. The van der Waals surface area contributed by atoms with Gasteiger partial charge in [0.05, 0.1) is 25.0 Å². The third kappa shape index (κ3) is 4.89. The lowest BCUT2D eigenvalue weighted by molar-refractivity contribution is 0.238. The van der Waals surface area contributed by atoms with E-state index in [4.69, 9.17) is 16.3 Å². The van der Waals surface area contributed by atoms with E-state index in [1.165, 1.54) is 11.3 Å². The lowest BCUT2D eigenvalue weighted by Crippen LogP contribution is -2.47. The highest BCUT2D eigenvalue weighted by atomic mass is 35.5. The first-order chi connectivity index (χ1) is 15.6. The molecule has 0 spiro atoms. The van der Waals surface area contributed by atoms with Crippen LogP contribution in [0.5, 0.6) is 5.75 Å². The number of thiazole rings is 1. The number of rotatable bonds is 6. The van der Waals surface area contributed by atoms with Crippen LogP contribution < -0.4 is 9.64 Å². The van der Waals surface area contributed by atoms with E-state index in [9.17, 15) is 10.4 Å². The SMILES string of the molecule is COc1ccccc1N1CCN(C/C(O)=C(/C#N)c2nc(-c3ccc(Cl)cc3)cs2)CC1. The van der Waals surface area contributed by atoms with E-state index in [-0.39, 0.29) is 11.3 Å². The highest BCUT2D eigenvalue weighted by Crippen LogP contribution is 2.30. The molecule has 0 aliphatic carbocycles. The molecule has 0 bridgehead atoms. The molecular formula is C24H23ClN4O2S. The van der Waals surface area contributed by atoms with Crippen LogP contribution in [0.3, 0.4) is 0 Å². The minimum Gasteiger partial charge on any atom is -0.509 e. The van der Waals surface area contributed by atoms with Crippen molar-refractivity contribution in [1.29, 1.82) is 5.26 Å². The molecule has 1 aliphatic rings. The fourth-order valence-corrected chi connectivity index (χ4v) is 4.68. The van der Waals surface area contributed by atoms with Crippen molar-refractivity contribution in [3.05, 3.63) is 69.7 Å². The van der Waals surface area contributed by atoms with Gasteiger partial charge in [0.2, 0.25) is 0 Å². The van der Waals surface area contributed by atoms with Crippen molar-refractivity contribution < 1.29 is 9.84 Å². The van der Waals surface area contributed by atoms with Crippen LogP contribution in [0.1, 0.15) is 5.01 Å². The van der Waals surface area contributed by atoms with Crippen LogP contribution in [0, 0.1) is 11.3 Å². The van der Waals surface area contributed by atoms with Crippen LogP contribution >= 0.6 is 22.9 Å². The molecular weight excluding hydrogens is 444 g/mol. The van der Waals surface area contributed by atoms with Crippen LogP contribution in [-0.2, 0) is 0 Å². The van der Waals surface area contributed by atoms with Crippen molar-refractivity contribution >= 4 is 34.2 Å². The minimum atomic E-state index is 0.0512. The summed E-state index contributed by atoms with van der Waals surface area (Å²) in [6.45, 7) is 3.49. The second kappa shape index (κ2) is 10.0. The predicted molar refractivity (Wildman–Crippen MR) is 129 cm³/mol. The first-order valence-electron chi connectivity index (χ1n) is 10.2. The topological polar surface area (TPSA) is 72.6 Å². The van der Waals surface area contributed by atoms with Gasteiger partial charge in [-0.15, -0.1) is 11.3 Å². The predicted octanol–water partition coefficient (Wildman–Crippen LogP) is 5.09. The van der Waals surface area contributed by atoms with Crippen LogP contribution in [0.25, 0.3) is 16.8 Å². The van der Waals surface area contributed by atoms with Crippen LogP contribution in [0.2, 0.25) is 5.02 Å². The molecule has 1 saturated heterocycles. The molecule has 2 heterocycles. The summed E-state index contributed by atoms with van der Waals surface area (Å²) >= 11 is 7.30. The molecule has 2 aromatic carbocycles. The molecule has 0 unspecified atom stereocenters. The van der Waals surface area contributed by atoms with Crippen LogP contribution in [0.4, 0.5) is 5.69 Å². The molecule has 4 rings (SSSR count). The molecule has 3 aromatic rings. The van der Waals surface area contributed by atoms with Crippen molar-refractivity contribution in [1.82, 2.24) is 9.88 Å². The van der Waals surface area contributed by atoms with Crippen molar-refractivity contribution in [2.75, 3.05) is 44.7 Å². The second-order valence-electron chi connectivity index (χ2n) is 7.41. The van der Waals surface area contributed by atoms with Crippen molar-refractivity contribution in [3.63, 3.8) is 0 Å². The molecule has 1 N–H and O–H groups in total. The number of aromatic nitrogens is 1. The molecule has 0 saturated carbocycles. The number of allylic oxidation sites excluding steroid dienone is 1. The average Bonchev–Trinajstić information content (AvgIpc) is 3.30. The zero-order chi connectivity index (χ0) is 22.5. The van der Waals surface area contributed by atoms with Gasteiger partial charge in [0, 0.05) is 42.1 Å². The maximum Gasteiger partial charge on any atom is 0.142 e. The zero-order valence-corrected chi connectivity index (χ0v) is 19.2. The van der Waals surface area contributed by atoms with E-state index < -0.39 is 0 Å². The molecule has 164 valence electrons. The summed E-state index contributed by atoms with van der Waals surface area (Å²) in [6, 6.07) is 17.5. The number of para-hydroxylation sites is 2. The van der Waals surface area contributed by atoms with Gasteiger partial charge >= 0.3 is 0 Å². The number of nitrogens with zero attached hydrogens (tertiary/aromatic N) is 4. The summed E-state index contributed by atoms with van der Waals surface area (Å²) in [5.74, 6) is 0.908. The molecule has 1 fully saturated rings. The summed E-state index contributed by atoms with van der Waals surface area (Å²) < 4.78 is 5.47. The quantitative estimate of drug-likeness (QED) is 0.403. The standard InChI is InChI=1S/C24H23ClN4O2S/c1-31-23-5-3-2-4-21(23)29-12-10-28(11-13-29)15-22(30)19(14-26)24-27-20(16-32-24)17-6-8-18(25)9-7-17/h2-9,16,30H,10-13,15H2,1H3/b22-19+. The van der Waals surface area contributed by atoms with Crippen molar-refractivity contribution in [2.45, 2.75) is 0 Å². The number of anilines is 1. The normalized spacial score (nSPS) is 15.2. The molecule has 8 heteroatoms. The zero-order valence-electron chi connectivity index (χ0n) is 17.7. The number of hydrogen-bond acceptors (Lipinski definition) is 7. The summed E-state index contributed by atoms with van der Waals surface area (Å²) in [7, 11) is 1.68. The van der Waals surface area contributed by atoms with Gasteiger partial charge in [-0.1, -0.05) is 35.9 Å². The van der Waals surface area contributed by atoms with Crippen LogP contribution in [0.15, 0.2) is 59.7 Å². The fourth-order valence-electron chi connectivity index (χ4n) is 3.71.